The lowest BCUT2D eigenvalue weighted by Gasteiger charge is -2.17. The largest absolute Gasteiger partial charge is 0.457 e. The van der Waals surface area contributed by atoms with Crippen LogP contribution in [0.15, 0.2) is 54.6 Å². The highest BCUT2D eigenvalue weighted by atomic mass is 16.5. The Bertz CT molecular complexity index is 844. The molecule has 1 fully saturated rings. The second-order valence-electron chi connectivity index (χ2n) is 8.08. The third-order valence-electron chi connectivity index (χ3n) is 5.89. The molecule has 0 spiro atoms. The molecule has 27 heavy (non-hydrogen) atoms. The first-order chi connectivity index (χ1) is 12.6. The topological polar surface area (TPSA) is 78.6 Å². The lowest BCUT2D eigenvalue weighted by atomic mass is 10.0. The van der Waals surface area contributed by atoms with Gasteiger partial charge < -0.3 is 15.2 Å². The maximum Gasteiger partial charge on any atom is 0.311 e. The van der Waals surface area contributed by atoms with Crippen LogP contribution in [0.3, 0.4) is 0 Å². The summed E-state index contributed by atoms with van der Waals surface area (Å²) in [6.45, 7) is 8.08. The average molecular weight is 367 g/mol. The maximum atomic E-state index is 12.6. The molecule has 3 rings (SSSR count). The lowest BCUT2D eigenvalue weighted by molar-refractivity contribution is -0.158. The van der Waals surface area contributed by atoms with Gasteiger partial charge in [0, 0.05) is 5.56 Å². The highest BCUT2D eigenvalue weighted by Crippen LogP contribution is 2.68. The van der Waals surface area contributed by atoms with Crippen LogP contribution in [0.1, 0.15) is 39.4 Å². The van der Waals surface area contributed by atoms with E-state index in [4.69, 9.17) is 15.2 Å². The van der Waals surface area contributed by atoms with E-state index < -0.39 is 18.0 Å². The highest BCUT2D eigenvalue weighted by molar-refractivity contribution is 5.86. The summed E-state index contributed by atoms with van der Waals surface area (Å²) in [4.78, 5) is 24.6. The van der Waals surface area contributed by atoms with E-state index >= 15 is 0 Å². The number of benzene rings is 2. The van der Waals surface area contributed by atoms with E-state index in [1.165, 1.54) is 0 Å². The van der Waals surface area contributed by atoms with Crippen LogP contribution >= 0.6 is 0 Å². The van der Waals surface area contributed by atoms with Crippen LogP contribution in [0.4, 0.5) is 0 Å². The molecule has 0 radical (unpaired) electrons. The van der Waals surface area contributed by atoms with Crippen molar-refractivity contribution in [3.05, 3.63) is 60.2 Å². The molecule has 0 heterocycles. The van der Waals surface area contributed by atoms with Gasteiger partial charge in [0.05, 0.1) is 5.92 Å². The van der Waals surface area contributed by atoms with Crippen LogP contribution in [0.25, 0.3) is 0 Å². The van der Waals surface area contributed by atoms with Crippen molar-refractivity contribution in [2.24, 2.45) is 22.5 Å². The predicted octanol–water partition coefficient (Wildman–Crippen LogP) is 4.23. The highest BCUT2D eigenvalue weighted by Gasteiger charge is 2.69. The molecule has 142 valence electrons. The first-order valence-corrected chi connectivity index (χ1v) is 8.97. The van der Waals surface area contributed by atoms with Gasteiger partial charge in [-0.05, 0) is 35.1 Å². The Balaban J connectivity index is 1.79. The van der Waals surface area contributed by atoms with E-state index in [0.717, 1.165) is 0 Å². The predicted molar refractivity (Wildman–Crippen MR) is 102 cm³/mol. The van der Waals surface area contributed by atoms with Crippen LogP contribution in [0, 0.1) is 16.7 Å². The fourth-order valence-electron chi connectivity index (χ4n) is 3.63. The fourth-order valence-corrected chi connectivity index (χ4v) is 3.63. The van der Waals surface area contributed by atoms with Gasteiger partial charge in [-0.3, -0.25) is 9.59 Å². The summed E-state index contributed by atoms with van der Waals surface area (Å²) in [5.41, 5.74) is 5.65. The van der Waals surface area contributed by atoms with Crippen molar-refractivity contribution in [2.75, 3.05) is 0 Å². The molecule has 5 heteroatoms. The zero-order chi connectivity index (χ0) is 19.8. The average Bonchev–Trinajstić information content (AvgIpc) is 3.02. The zero-order valence-corrected chi connectivity index (χ0v) is 16.1. The van der Waals surface area contributed by atoms with Gasteiger partial charge in [-0.15, -0.1) is 0 Å². The second kappa shape index (κ2) is 6.72. The number of carbonyl (C=O) groups excluding carboxylic acids is 2. The van der Waals surface area contributed by atoms with Crippen molar-refractivity contribution >= 4 is 11.9 Å². The minimum absolute atomic E-state index is 0.176. The number of nitrogens with two attached hydrogens (primary N) is 1. The van der Waals surface area contributed by atoms with Crippen LogP contribution < -0.4 is 10.5 Å². The number of esters is 1. The number of amides is 1. The van der Waals surface area contributed by atoms with Crippen LogP contribution in [-0.2, 0) is 14.3 Å². The van der Waals surface area contributed by atoms with Gasteiger partial charge in [0.25, 0.3) is 5.91 Å². The molecule has 2 aromatic carbocycles. The van der Waals surface area contributed by atoms with Gasteiger partial charge in [0.15, 0.2) is 0 Å². The van der Waals surface area contributed by atoms with Gasteiger partial charge in [-0.2, -0.15) is 0 Å². The van der Waals surface area contributed by atoms with Crippen molar-refractivity contribution in [2.45, 2.75) is 33.8 Å². The molecular weight excluding hydrogens is 342 g/mol. The molecule has 0 aromatic heterocycles. The fraction of sp³-hybridized carbons (Fsp3) is 0.364. The molecule has 5 nitrogen and oxygen atoms in total. The molecule has 0 saturated heterocycles. The van der Waals surface area contributed by atoms with Crippen molar-refractivity contribution in [1.82, 2.24) is 0 Å². The third kappa shape index (κ3) is 3.54. The molecule has 2 aromatic rings. The van der Waals surface area contributed by atoms with Crippen molar-refractivity contribution in [1.29, 1.82) is 0 Å². The van der Waals surface area contributed by atoms with Crippen molar-refractivity contribution in [3.63, 3.8) is 0 Å². The number of primary amides is 1. The van der Waals surface area contributed by atoms with Gasteiger partial charge >= 0.3 is 5.97 Å². The van der Waals surface area contributed by atoms with Gasteiger partial charge in [-0.25, -0.2) is 0 Å². The van der Waals surface area contributed by atoms with E-state index in [1.54, 1.807) is 24.3 Å². The van der Waals surface area contributed by atoms with Crippen LogP contribution in [0.2, 0.25) is 0 Å². The molecule has 1 atom stereocenters. The molecule has 1 aliphatic carbocycles. The Hall–Kier alpha value is -2.82. The number of hydrogen-bond acceptors (Lipinski definition) is 4. The number of hydrogen-bond donors (Lipinski definition) is 1. The summed E-state index contributed by atoms with van der Waals surface area (Å²) >= 11 is 0. The minimum atomic E-state index is -1.15. The third-order valence-corrected chi connectivity index (χ3v) is 5.89. The minimum Gasteiger partial charge on any atom is -0.457 e. The molecule has 1 aliphatic rings. The van der Waals surface area contributed by atoms with Gasteiger partial charge in [0.1, 0.15) is 11.5 Å². The number of ether oxygens (including phenoxy) is 2. The van der Waals surface area contributed by atoms with Gasteiger partial charge in [-0.1, -0.05) is 58.0 Å². The monoisotopic (exact) mass is 367 g/mol. The molecule has 0 bridgehead atoms. The number of carbonyl (C=O) groups is 2. The summed E-state index contributed by atoms with van der Waals surface area (Å²) in [6, 6.07) is 16.2. The SMILES string of the molecule is CC1(C)C(C(=O)OC(C(N)=O)c2cccc(Oc3ccccc3)c2)C1(C)C. The Labute approximate surface area is 159 Å². The van der Waals surface area contributed by atoms with Crippen molar-refractivity contribution in [3.8, 4) is 11.5 Å². The Morgan fingerprint density at radius 2 is 1.52 bits per heavy atom. The lowest BCUT2D eigenvalue weighted by Crippen LogP contribution is -2.27. The molecular formula is C22H25NO4. The number of rotatable bonds is 6. The van der Waals surface area contributed by atoms with E-state index in [9.17, 15) is 9.59 Å². The first-order valence-electron chi connectivity index (χ1n) is 8.97. The molecule has 1 unspecified atom stereocenters. The van der Waals surface area contributed by atoms with E-state index in [1.807, 2.05) is 58.0 Å². The first kappa shape index (κ1) is 19.0. The Kier molecular flexibility index (Phi) is 4.72. The zero-order valence-electron chi connectivity index (χ0n) is 16.1. The van der Waals surface area contributed by atoms with E-state index in [2.05, 4.69) is 0 Å². The molecule has 0 aliphatic heterocycles. The quantitative estimate of drug-likeness (QED) is 0.775. The van der Waals surface area contributed by atoms with E-state index in [-0.39, 0.29) is 16.7 Å². The van der Waals surface area contributed by atoms with Gasteiger partial charge in [0.2, 0.25) is 6.10 Å². The molecule has 1 amide bonds. The summed E-state index contributed by atoms with van der Waals surface area (Å²) in [7, 11) is 0. The molecule has 2 N–H and O–H groups in total. The maximum absolute atomic E-state index is 12.6. The van der Waals surface area contributed by atoms with Crippen LogP contribution in [0.5, 0.6) is 11.5 Å². The molecule has 1 saturated carbocycles. The summed E-state index contributed by atoms with van der Waals surface area (Å²) in [6.07, 6.45) is -1.15. The Morgan fingerprint density at radius 1 is 0.926 bits per heavy atom. The van der Waals surface area contributed by atoms with Crippen LogP contribution in [-0.4, -0.2) is 11.9 Å². The second-order valence-corrected chi connectivity index (χ2v) is 8.08. The Morgan fingerprint density at radius 3 is 2.07 bits per heavy atom. The summed E-state index contributed by atoms with van der Waals surface area (Å²) < 4.78 is 11.3. The smallest absolute Gasteiger partial charge is 0.311 e. The van der Waals surface area contributed by atoms with Crippen molar-refractivity contribution < 1.29 is 19.1 Å². The summed E-state index contributed by atoms with van der Waals surface area (Å²) in [5.74, 6) is -0.174. The normalized spacial score (nSPS) is 18.4. The van der Waals surface area contributed by atoms with E-state index in [0.29, 0.717) is 17.1 Å². The summed E-state index contributed by atoms with van der Waals surface area (Å²) in [5, 5.41) is 0. The number of para-hydroxylation sites is 1. The standard InChI is InChI=1S/C22H25NO4/c1-21(2)18(22(21,3)4)20(25)27-17(19(23)24)14-9-8-12-16(13-14)26-15-10-6-5-7-11-15/h5-13,17-18H,1-4H3,(H2,23,24).